The molecule has 16 heavy (non-hydrogen) atoms. The maximum atomic E-state index is 6.12. The highest BCUT2D eigenvalue weighted by Gasteiger charge is 2.27. The number of rotatable bonds is 0. The van der Waals surface area contributed by atoms with Gasteiger partial charge in [0.05, 0.1) is 6.04 Å². The molecule has 2 atom stereocenters. The maximum absolute atomic E-state index is 6.12. The molecule has 5 N–H and O–H groups in total. The second kappa shape index (κ2) is 3.58. The van der Waals surface area contributed by atoms with Gasteiger partial charge < -0.3 is 16.5 Å². The minimum absolute atomic E-state index is 0.0603. The SMILES string of the molecule is NC1CCc2c([nH]c3ccc(Br)cc23)C1N. The first-order valence-electron chi connectivity index (χ1n) is 5.48. The lowest BCUT2D eigenvalue weighted by Gasteiger charge is -2.25. The molecule has 1 aromatic carbocycles. The zero-order valence-electron chi connectivity index (χ0n) is 8.83. The van der Waals surface area contributed by atoms with E-state index in [9.17, 15) is 0 Å². The van der Waals surface area contributed by atoms with Crippen molar-refractivity contribution >= 4 is 26.8 Å². The summed E-state index contributed by atoms with van der Waals surface area (Å²) in [5.41, 5.74) is 15.7. The number of H-pyrrole nitrogens is 1. The van der Waals surface area contributed by atoms with Crippen molar-refractivity contribution in [1.82, 2.24) is 4.98 Å². The van der Waals surface area contributed by atoms with E-state index in [-0.39, 0.29) is 12.1 Å². The van der Waals surface area contributed by atoms with Crippen LogP contribution >= 0.6 is 15.9 Å². The zero-order valence-corrected chi connectivity index (χ0v) is 10.4. The molecule has 84 valence electrons. The summed E-state index contributed by atoms with van der Waals surface area (Å²) in [5, 5.41) is 1.27. The van der Waals surface area contributed by atoms with E-state index in [2.05, 4.69) is 33.0 Å². The van der Waals surface area contributed by atoms with Gasteiger partial charge in [-0.3, -0.25) is 0 Å². The molecule has 0 saturated heterocycles. The Morgan fingerprint density at radius 2 is 2.12 bits per heavy atom. The van der Waals surface area contributed by atoms with Crippen LogP contribution in [0.3, 0.4) is 0 Å². The fraction of sp³-hybridized carbons (Fsp3) is 0.333. The minimum Gasteiger partial charge on any atom is -0.357 e. The number of aryl methyl sites for hydroxylation is 1. The van der Waals surface area contributed by atoms with E-state index < -0.39 is 0 Å². The van der Waals surface area contributed by atoms with Crippen LogP contribution in [0, 0.1) is 0 Å². The van der Waals surface area contributed by atoms with Gasteiger partial charge in [-0.1, -0.05) is 15.9 Å². The lowest BCUT2D eigenvalue weighted by molar-refractivity contribution is 0.476. The van der Waals surface area contributed by atoms with Crippen LogP contribution in [0.4, 0.5) is 0 Å². The van der Waals surface area contributed by atoms with Gasteiger partial charge in [-0.25, -0.2) is 0 Å². The van der Waals surface area contributed by atoms with Crippen molar-refractivity contribution in [1.29, 1.82) is 0 Å². The van der Waals surface area contributed by atoms with Gasteiger partial charge in [0.15, 0.2) is 0 Å². The van der Waals surface area contributed by atoms with E-state index >= 15 is 0 Å². The average Bonchev–Trinajstić information content (AvgIpc) is 2.62. The Morgan fingerprint density at radius 3 is 2.94 bits per heavy atom. The molecule has 1 heterocycles. The predicted octanol–water partition coefficient (Wildman–Crippen LogP) is 2.20. The van der Waals surface area contributed by atoms with E-state index in [0.717, 1.165) is 28.5 Å². The molecule has 1 aliphatic carbocycles. The highest BCUT2D eigenvalue weighted by molar-refractivity contribution is 9.10. The summed E-state index contributed by atoms with van der Waals surface area (Å²) in [7, 11) is 0. The molecule has 0 radical (unpaired) electrons. The van der Waals surface area contributed by atoms with Gasteiger partial charge in [0.1, 0.15) is 0 Å². The summed E-state index contributed by atoms with van der Waals surface area (Å²) in [6.07, 6.45) is 1.98. The molecule has 0 spiro atoms. The van der Waals surface area contributed by atoms with Gasteiger partial charge in [-0.05, 0) is 36.6 Å². The Morgan fingerprint density at radius 1 is 1.31 bits per heavy atom. The number of hydrogen-bond acceptors (Lipinski definition) is 2. The molecule has 2 aromatic rings. The van der Waals surface area contributed by atoms with Crippen LogP contribution in [0.2, 0.25) is 0 Å². The standard InChI is InChI=1S/C12H14BrN3/c13-6-1-4-10-8(5-6)7-2-3-9(14)11(15)12(7)16-10/h1,4-5,9,11,16H,2-3,14-15H2. The number of hydrogen-bond donors (Lipinski definition) is 3. The molecule has 0 fully saturated rings. The largest absolute Gasteiger partial charge is 0.357 e. The van der Waals surface area contributed by atoms with Crippen molar-refractivity contribution < 1.29 is 0 Å². The molecule has 4 heteroatoms. The minimum atomic E-state index is -0.0603. The van der Waals surface area contributed by atoms with Crippen molar-refractivity contribution in [3.63, 3.8) is 0 Å². The number of nitrogens with one attached hydrogen (secondary N) is 1. The Bertz CT molecular complexity index is 546. The average molecular weight is 280 g/mol. The third-order valence-corrected chi connectivity index (χ3v) is 3.92. The van der Waals surface area contributed by atoms with Crippen molar-refractivity contribution in [2.75, 3.05) is 0 Å². The molecule has 0 bridgehead atoms. The van der Waals surface area contributed by atoms with Gasteiger partial charge >= 0.3 is 0 Å². The molecule has 2 unspecified atom stereocenters. The van der Waals surface area contributed by atoms with E-state index in [0.29, 0.717) is 0 Å². The predicted molar refractivity (Wildman–Crippen MR) is 69.2 cm³/mol. The lowest BCUT2D eigenvalue weighted by atomic mass is 9.89. The van der Waals surface area contributed by atoms with Crippen molar-refractivity contribution in [3.8, 4) is 0 Å². The Hall–Kier alpha value is -0.840. The zero-order chi connectivity index (χ0) is 11.3. The van der Waals surface area contributed by atoms with E-state index in [4.69, 9.17) is 11.5 Å². The van der Waals surface area contributed by atoms with Gasteiger partial charge in [0.2, 0.25) is 0 Å². The van der Waals surface area contributed by atoms with Crippen LogP contribution in [0.1, 0.15) is 23.7 Å². The van der Waals surface area contributed by atoms with Crippen molar-refractivity contribution in [2.24, 2.45) is 11.5 Å². The second-order valence-electron chi connectivity index (χ2n) is 4.44. The summed E-state index contributed by atoms with van der Waals surface area (Å²) < 4.78 is 1.10. The van der Waals surface area contributed by atoms with Crippen LogP contribution in [0.25, 0.3) is 10.9 Å². The number of aromatic amines is 1. The van der Waals surface area contributed by atoms with Gasteiger partial charge in [-0.15, -0.1) is 0 Å². The van der Waals surface area contributed by atoms with Crippen molar-refractivity contribution in [3.05, 3.63) is 33.9 Å². The smallest absolute Gasteiger partial charge is 0.0604 e. The van der Waals surface area contributed by atoms with Gasteiger partial charge in [0.25, 0.3) is 0 Å². The molecular formula is C12H14BrN3. The third kappa shape index (κ3) is 1.41. The Labute approximate surface area is 102 Å². The molecule has 0 amide bonds. The molecule has 3 nitrogen and oxygen atoms in total. The van der Waals surface area contributed by atoms with Crippen LogP contribution in [0.15, 0.2) is 22.7 Å². The first-order valence-corrected chi connectivity index (χ1v) is 6.27. The molecule has 3 rings (SSSR count). The topological polar surface area (TPSA) is 67.8 Å². The van der Waals surface area contributed by atoms with E-state index in [1.807, 2.05) is 6.07 Å². The summed E-state index contributed by atoms with van der Waals surface area (Å²) >= 11 is 3.50. The monoisotopic (exact) mass is 279 g/mol. The molecule has 0 aliphatic heterocycles. The van der Waals surface area contributed by atoms with Gasteiger partial charge in [0, 0.05) is 27.1 Å². The van der Waals surface area contributed by atoms with Crippen LogP contribution in [-0.2, 0) is 6.42 Å². The highest BCUT2D eigenvalue weighted by Crippen LogP contribution is 2.34. The number of fused-ring (bicyclic) bond motifs is 3. The molecule has 1 aliphatic rings. The fourth-order valence-electron chi connectivity index (χ4n) is 2.50. The number of benzene rings is 1. The summed E-state index contributed by atoms with van der Waals surface area (Å²) in [4.78, 5) is 3.40. The van der Waals surface area contributed by atoms with Crippen molar-refractivity contribution in [2.45, 2.75) is 24.9 Å². The quantitative estimate of drug-likeness (QED) is 0.692. The van der Waals surface area contributed by atoms with Gasteiger partial charge in [-0.2, -0.15) is 0 Å². The molecule has 1 aromatic heterocycles. The fourth-order valence-corrected chi connectivity index (χ4v) is 2.86. The first kappa shape index (κ1) is 10.3. The summed E-state index contributed by atoms with van der Waals surface area (Å²) in [5.74, 6) is 0. The van der Waals surface area contributed by atoms with Crippen LogP contribution < -0.4 is 11.5 Å². The first-order chi connectivity index (χ1) is 7.66. The maximum Gasteiger partial charge on any atom is 0.0604 e. The lowest BCUT2D eigenvalue weighted by Crippen LogP contribution is -2.38. The number of aromatic nitrogens is 1. The van der Waals surface area contributed by atoms with E-state index in [1.165, 1.54) is 10.9 Å². The van der Waals surface area contributed by atoms with E-state index in [1.54, 1.807) is 0 Å². The third-order valence-electron chi connectivity index (χ3n) is 3.42. The second-order valence-corrected chi connectivity index (χ2v) is 5.35. The Balaban J connectivity index is 2.26. The van der Waals surface area contributed by atoms with Crippen LogP contribution in [-0.4, -0.2) is 11.0 Å². The number of halogens is 1. The summed E-state index contributed by atoms with van der Waals surface area (Å²) in [6.45, 7) is 0. The Kier molecular flexibility index (Phi) is 2.31. The normalized spacial score (nSPS) is 24.7. The molecular weight excluding hydrogens is 266 g/mol. The van der Waals surface area contributed by atoms with Crippen LogP contribution in [0.5, 0.6) is 0 Å². The number of nitrogens with two attached hydrogens (primary N) is 2. The summed E-state index contributed by atoms with van der Waals surface area (Å²) in [6, 6.07) is 6.28. The molecule has 0 saturated carbocycles. The highest BCUT2D eigenvalue weighted by atomic mass is 79.9.